The maximum Gasteiger partial charge on any atom is 0.142 e. The van der Waals surface area contributed by atoms with Gasteiger partial charge in [0.2, 0.25) is 0 Å². The number of benzene rings is 1. The van der Waals surface area contributed by atoms with Crippen molar-refractivity contribution in [1.82, 2.24) is 0 Å². The first-order valence-electron chi connectivity index (χ1n) is 2.80. The smallest absolute Gasteiger partial charge is 0.142 e. The van der Waals surface area contributed by atoms with Crippen molar-refractivity contribution in [2.45, 2.75) is 6.54 Å². The lowest BCUT2D eigenvalue weighted by molar-refractivity contribution is 0.627. The minimum absolute atomic E-state index is 0.00273. The second kappa shape index (κ2) is 2.99. The summed E-state index contributed by atoms with van der Waals surface area (Å²) in [6.45, 7) is 0.333. The molecule has 1 aromatic carbocycles. The lowest BCUT2D eigenvalue weighted by Gasteiger charge is -1.95. The summed E-state index contributed by atoms with van der Waals surface area (Å²) in [5, 5.41) is 0.00273. The average Bonchev–Trinajstić information content (AvgIpc) is 1.95. The Balaban J connectivity index is 3.04. The molecule has 1 nitrogen and oxygen atoms in total. The van der Waals surface area contributed by atoms with E-state index in [9.17, 15) is 4.39 Å². The molecular formula is C7H6ClFN. The molecule has 0 aliphatic heterocycles. The predicted molar refractivity (Wildman–Crippen MR) is 38.1 cm³/mol. The summed E-state index contributed by atoms with van der Waals surface area (Å²) in [5.74, 6) is -0.459. The monoisotopic (exact) mass is 158 g/mol. The number of hydrogen-bond acceptors (Lipinski definition) is 1. The second-order valence-electron chi connectivity index (χ2n) is 1.85. The van der Waals surface area contributed by atoms with Crippen LogP contribution < -0.4 is 5.73 Å². The average molecular weight is 159 g/mol. The molecule has 1 aromatic rings. The van der Waals surface area contributed by atoms with Gasteiger partial charge in [-0.3, -0.25) is 0 Å². The standard InChI is InChI=1S/C7H6ClFN/c8-6-3-5(4-10)1-2-7(6)9/h1-2H,4,10H2. The first-order valence-corrected chi connectivity index (χ1v) is 3.18. The number of hydrogen-bond donors (Lipinski definition) is 1. The molecule has 1 radical (unpaired) electrons. The van der Waals surface area contributed by atoms with Crippen LogP contribution in [0.5, 0.6) is 0 Å². The van der Waals surface area contributed by atoms with Crippen LogP contribution in [0.1, 0.15) is 5.56 Å². The highest BCUT2D eigenvalue weighted by atomic mass is 35.5. The molecule has 0 spiro atoms. The van der Waals surface area contributed by atoms with E-state index in [-0.39, 0.29) is 5.02 Å². The summed E-state index contributed by atoms with van der Waals surface area (Å²) >= 11 is 5.41. The van der Waals surface area contributed by atoms with Gasteiger partial charge in [-0.1, -0.05) is 17.7 Å². The Morgan fingerprint density at radius 2 is 2.30 bits per heavy atom. The Labute approximate surface area is 63.6 Å². The molecule has 1 rings (SSSR count). The maximum atomic E-state index is 12.4. The fraction of sp³-hybridized carbons (Fsp3) is 0.143. The Bertz CT molecular complexity index is 237. The summed E-state index contributed by atoms with van der Waals surface area (Å²) in [4.78, 5) is 0. The van der Waals surface area contributed by atoms with E-state index in [4.69, 9.17) is 17.3 Å². The summed E-state index contributed by atoms with van der Waals surface area (Å²) in [6, 6.07) is 5.43. The zero-order valence-electron chi connectivity index (χ0n) is 5.20. The van der Waals surface area contributed by atoms with Crippen LogP contribution in [-0.2, 0) is 6.54 Å². The third-order valence-corrected chi connectivity index (χ3v) is 1.41. The molecule has 2 N–H and O–H groups in total. The van der Waals surface area contributed by atoms with E-state index in [0.29, 0.717) is 12.1 Å². The van der Waals surface area contributed by atoms with Crippen LogP contribution in [0.15, 0.2) is 12.1 Å². The molecule has 0 atom stereocenters. The van der Waals surface area contributed by atoms with Crippen LogP contribution in [0.25, 0.3) is 0 Å². The van der Waals surface area contributed by atoms with E-state index in [1.807, 2.05) is 0 Å². The molecule has 0 aromatic heterocycles. The lowest BCUT2D eigenvalue weighted by atomic mass is 10.2. The molecule has 0 aliphatic carbocycles. The zero-order chi connectivity index (χ0) is 7.56. The molecule has 0 fully saturated rings. The molecule has 0 saturated heterocycles. The van der Waals surface area contributed by atoms with Crippen LogP contribution in [0.3, 0.4) is 0 Å². The highest BCUT2D eigenvalue weighted by Crippen LogP contribution is 2.14. The highest BCUT2D eigenvalue weighted by Gasteiger charge is 1.98. The van der Waals surface area contributed by atoms with Crippen molar-refractivity contribution in [3.8, 4) is 0 Å². The summed E-state index contributed by atoms with van der Waals surface area (Å²) in [6.07, 6.45) is 0. The SMILES string of the molecule is NCc1[c]c(Cl)c(F)cc1. The molecular weight excluding hydrogens is 153 g/mol. The summed E-state index contributed by atoms with van der Waals surface area (Å²) < 4.78 is 12.4. The van der Waals surface area contributed by atoms with Gasteiger partial charge in [-0.25, -0.2) is 4.39 Å². The van der Waals surface area contributed by atoms with E-state index in [1.54, 1.807) is 6.07 Å². The van der Waals surface area contributed by atoms with Crippen LogP contribution in [0.2, 0.25) is 5.02 Å². The lowest BCUT2D eigenvalue weighted by Crippen LogP contribution is -1.96. The van der Waals surface area contributed by atoms with Crippen molar-refractivity contribution < 1.29 is 4.39 Å². The Morgan fingerprint density at radius 1 is 1.60 bits per heavy atom. The van der Waals surface area contributed by atoms with Crippen LogP contribution in [0, 0.1) is 11.9 Å². The third kappa shape index (κ3) is 1.46. The van der Waals surface area contributed by atoms with Gasteiger partial charge in [0.25, 0.3) is 0 Å². The van der Waals surface area contributed by atoms with Gasteiger partial charge in [0.15, 0.2) is 0 Å². The van der Waals surface area contributed by atoms with Gasteiger partial charge in [-0.15, -0.1) is 0 Å². The van der Waals surface area contributed by atoms with Gasteiger partial charge in [0, 0.05) is 12.6 Å². The van der Waals surface area contributed by atoms with Gasteiger partial charge in [0.05, 0.1) is 5.02 Å². The van der Waals surface area contributed by atoms with Crippen molar-refractivity contribution in [3.05, 3.63) is 34.6 Å². The van der Waals surface area contributed by atoms with E-state index in [2.05, 4.69) is 6.07 Å². The third-order valence-electron chi connectivity index (χ3n) is 1.13. The van der Waals surface area contributed by atoms with Gasteiger partial charge < -0.3 is 5.73 Å². The van der Waals surface area contributed by atoms with Crippen LogP contribution in [-0.4, -0.2) is 0 Å². The van der Waals surface area contributed by atoms with Gasteiger partial charge >= 0.3 is 0 Å². The van der Waals surface area contributed by atoms with Crippen molar-refractivity contribution in [2.24, 2.45) is 5.73 Å². The van der Waals surface area contributed by atoms with Crippen molar-refractivity contribution in [3.63, 3.8) is 0 Å². The number of rotatable bonds is 1. The molecule has 53 valence electrons. The normalized spacial score (nSPS) is 9.90. The molecule has 0 unspecified atom stereocenters. The van der Waals surface area contributed by atoms with E-state index >= 15 is 0 Å². The molecule has 0 amide bonds. The Kier molecular flexibility index (Phi) is 2.25. The largest absolute Gasteiger partial charge is 0.326 e. The molecule has 0 aliphatic rings. The zero-order valence-corrected chi connectivity index (χ0v) is 5.95. The first kappa shape index (κ1) is 7.51. The molecule has 10 heavy (non-hydrogen) atoms. The maximum absolute atomic E-state index is 12.4. The molecule has 0 heterocycles. The van der Waals surface area contributed by atoms with Crippen LogP contribution >= 0.6 is 11.6 Å². The van der Waals surface area contributed by atoms with E-state index in [0.717, 1.165) is 0 Å². The van der Waals surface area contributed by atoms with Gasteiger partial charge in [-0.05, 0) is 11.6 Å². The van der Waals surface area contributed by atoms with Gasteiger partial charge in [0.1, 0.15) is 5.82 Å². The minimum atomic E-state index is -0.459. The van der Waals surface area contributed by atoms with E-state index in [1.165, 1.54) is 6.07 Å². The molecule has 0 saturated carbocycles. The van der Waals surface area contributed by atoms with Crippen molar-refractivity contribution in [1.29, 1.82) is 0 Å². The first-order chi connectivity index (χ1) is 4.74. The fourth-order valence-electron chi connectivity index (χ4n) is 0.608. The Morgan fingerprint density at radius 3 is 2.80 bits per heavy atom. The summed E-state index contributed by atoms with van der Waals surface area (Å²) in [5.41, 5.74) is 5.97. The highest BCUT2D eigenvalue weighted by molar-refractivity contribution is 6.30. The fourth-order valence-corrected chi connectivity index (χ4v) is 0.793. The van der Waals surface area contributed by atoms with Crippen molar-refractivity contribution >= 4 is 11.6 Å². The number of nitrogens with two attached hydrogens (primary N) is 1. The minimum Gasteiger partial charge on any atom is -0.326 e. The molecule has 0 bridgehead atoms. The molecule has 3 heteroatoms. The van der Waals surface area contributed by atoms with Crippen LogP contribution in [0.4, 0.5) is 4.39 Å². The topological polar surface area (TPSA) is 26.0 Å². The quantitative estimate of drug-likeness (QED) is 0.662. The van der Waals surface area contributed by atoms with Crippen molar-refractivity contribution in [2.75, 3.05) is 0 Å². The van der Waals surface area contributed by atoms with E-state index < -0.39 is 5.82 Å². The predicted octanol–water partition coefficient (Wildman–Crippen LogP) is 1.74. The van der Waals surface area contributed by atoms with Gasteiger partial charge in [-0.2, -0.15) is 0 Å². The summed E-state index contributed by atoms with van der Waals surface area (Å²) in [7, 11) is 0. The number of halogens is 2. The Hall–Kier alpha value is -0.600. The second-order valence-corrected chi connectivity index (χ2v) is 2.23.